The summed E-state index contributed by atoms with van der Waals surface area (Å²) in [4.78, 5) is 0. The highest BCUT2D eigenvalue weighted by atomic mass is 35.6. The molecule has 0 aliphatic rings. The van der Waals surface area contributed by atoms with Crippen molar-refractivity contribution in [3.8, 4) is 0 Å². The second-order valence-corrected chi connectivity index (χ2v) is 8.90. The molecule has 0 spiro atoms. The Balaban J connectivity index is 0. The standard InChI is InChI=1S/C22H48N.ClO3/c1-5-7-9-11-13-15-17-19-21-23(3,4)22-20-18-16-14-12-10-8-6-2;2-1(3)4/h5-22H2,1-4H3;/q+1;-1. The number of halogens is 1. The van der Waals surface area contributed by atoms with Crippen LogP contribution in [0.4, 0.5) is 0 Å². The van der Waals surface area contributed by atoms with Crippen LogP contribution in [0.3, 0.4) is 0 Å². The van der Waals surface area contributed by atoms with E-state index in [-0.39, 0.29) is 0 Å². The Labute approximate surface area is 173 Å². The number of hydrogen-bond donors (Lipinski definition) is 0. The van der Waals surface area contributed by atoms with Crippen LogP contribution >= 0.6 is 0 Å². The Morgan fingerprint density at radius 1 is 0.481 bits per heavy atom. The van der Waals surface area contributed by atoms with Crippen LogP contribution in [0.5, 0.6) is 0 Å². The highest BCUT2D eigenvalue weighted by Gasteiger charge is 2.13. The summed E-state index contributed by atoms with van der Waals surface area (Å²) in [5.41, 5.74) is 0. The van der Waals surface area contributed by atoms with Crippen molar-refractivity contribution in [2.24, 2.45) is 0 Å². The first kappa shape index (κ1) is 29.3. The maximum Gasteiger partial charge on any atom is 0.0782 e. The van der Waals surface area contributed by atoms with Gasteiger partial charge in [-0.1, -0.05) is 90.9 Å². The largest absolute Gasteiger partial charge is 0.357 e. The van der Waals surface area contributed by atoms with Gasteiger partial charge in [-0.3, -0.25) is 0 Å². The Hall–Kier alpha value is 0.130. The van der Waals surface area contributed by atoms with E-state index in [0.717, 1.165) is 0 Å². The monoisotopic (exact) mass is 409 g/mol. The number of quaternary nitrogens is 1. The summed E-state index contributed by atoms with van der Waals surface area (Å²) in [6.45, 7) is 7.36. The predicted molar refractivity (Wildman–Crippen MR) is 107 cm³/mol. The third kappa shape index (κ3) is 31.1. The lowest BCUT2D eigenvalue weighted by Gasteiger charge is -2.30. The first-order valence-electron chi connectivity index (χ1n) is 11.4. The Kier molecular flexibility index (Phi) is 24.4. The van der Waals surface area contributed by atoms with Gasteiger partial charge in [0.25, 0.3) is 0 Å². The maximum absolute atomic E-state index is 8.41. The molecule has 0 N–H and O–H groups in total. The fourth-order valence-corrected chi connectivity index (χ4v) is 3.46. The van der Waals surface area contributed by atoms with E-state index in [0.29, 0.717) is 0 Å². The zero-order valence-electron chi connectivity index (χ0n) is 18.8. The van der Waals surface area contributed by atoms with Gasteiger partial charge in [0.1, 0.15) is 0 Å². The van der Waals surface area contributed by atoms with Gasteiger partial charge in [0.2, 0.25) is 0 Å². The van der Waals surface area contributed by atoms with Gasteiger partial charge in [-0.2, -0.15) is 0 Å². The second-order valence-electron chi connectivity index (χ2n) is 8.52. The molecule has 0 aliphatic carbocycles. The number of hydrogen-bond acceptors (Lipinski definition) is 3. The van der Waals surface area contributed by atoms with E-state index < -0.39 is 10.8 Å². The van der Waals surface area contributed by atoms with Gasteiger partial charge >= 0.3 is 0 Å². The topological polar surface area (TPSA) is 69.2 Å². The van der Waals surface area contributed by atoms with Gasteiger partial charge in [0.15, 0.2) is 0 Å². The van der Waals surface area contributed by atoms with E-state index >= 15 is 0 Å². The minimum absolute atomic E-state index is 1.24. The fourth-order valence-electron chi connectivity index (χ4n) is 3.46. The van der Waals surface area contributed by atoms with Crippen LogP contribution in [0.2, 0.25) is 0 Å². The van der Waals surface area contributed by atoms with Crippen molar-refractivity contribution in [1.29, 1.82) is 0 Å². The van der Waals surface area contributed by atoms with E-state index in [2.05, 4.69) is 27.9 Å². The zero-order chi connectivity index (χ0) is 20.8. The Bertz CT molecular complexity index is 252. The lowest BCUT2D eigenvalue weighted by atomic mass is 10.1. The van der Waals surface area contributed by atoms with Crippen molar-refractivity contribution in [1.82, 2.24) is 0 Å². The zero-order valence-corrected chi connectivity index (χ0v) is 19.5. The van der Waals surface area contributed by atoms with Crippen molar-refractivity contribution >= 4 is 0 Å². The van der Waals surface area contributed by atoms with Crippen molar-refractivity contribution in [3.63, 3.8) is 0 Å². The molecule has 0 aromatic rings. The van der Waals surface area contributed by atoms with Gasteiger partial charge in [-0.05, 0) is 25.7 Å². The molecule has 0 amide bonds. The number of unbranched alkanes of at least 4 members (excludes halogenated alkanes) is 14. The first-order chi connectivity index (χ1) is 12.9. The predicted octanol–water partition coefficient (Wildman–Crippen LogP) is 3.78. The van der Waals surface area contributed by atoms with Crippen molar-refractivity contribution < 1.29 is 29.2 Å². The molecule has 0 rings (SSSR count). The lowest BCUT2D eigenvalue weighted by molar-refractivity contribution is -1.73. The summed E-state index contributed by atoms with van der Waals surface area (Å²) in [6.07, 6.45) is 23.0. The molecule has 0 atom stereocenters. The van der Waals surface area contributed by atoms with Crippen molar-refractivity contribution in [2.75, 3.05) is 27.2 Å². The summed E-state index contributed by atoms with van der Waals surface area (Å²) >= 11 is 0. The normalized spacial score (nSPS) is 11.6. The minimum atomic E-state index is -2.85. The summed E-state index contributed by atoms with van der Waals surface area (Å²) in [5.74, 6) is 0. The van der Waals surface area contributed by atoms with Gasteiger partial charge < -0.3 is 18.5 Å². The lowest BCUT2D eigenvalue weighted by Crippen LogP contribution is -2.42. The summed E-state index contributed by atoms with van der Waals surface area (Å²) in [7, 11) is 2.01. The van der Waals surface area contributed by atoms with E-state index in [1.807, 2.05) is 0 Å². The number of rotatable bonds is 18. The molecule has 5 heteroatoms. The molecule has 0 saturated heterocycles. The molecule has 0 unspecified atom stereocenters. The summed E-state index contributed by atoms with van der Waals surface area (Å²) in [5, 5.41) is 0. The molecule has 0 aromatic heterocycles. The molecule has 4 nitrogen and oxygen atoms in total. The molecule has 0 aromatic carbocycles. The molecule has 0 saturated carbocycles. The van der Waals surface area contributed by atoms with Crippen LogP contribution in [-0.4, -0.2) is 31.7 Å². The maximum atomic E-state index is 8.41. The van der Waals surface area contributed by atoms with Crippen LogP contribution in [-0.2, 0) is 0 Å². The molecular formula is C22H48ClNO3. The molecule has 166 valence electrons. The number of nitrogens with zero attached hydrogens (tertiary/aromatic N) is 1. The smallest absolute Gasteiger partial charge is 0.0782 e. The molecule has 0 fully saturated rings. The highest BCUT2D eigenvalue weighted by molar-refractivity contribution is 4.48. The molecule has 0 radical (unpaired) electrons. The summed E-state index contributed by atoms with van der Waals surface area (Å²) in [6, 6.07) is 0. The van der Waals surface area contributed by atoms with E-state index in [9.17, 15) is 0 Å². The third-order valence-electron chi connectivity index (χ3n) is 5.23. The van der Waals surface area contributed by atoms with Gasteiger partial charge in [0, 0.05) is 0 Å². The van der Waals surface area contributed by atoms with Crippen LogP contribution in [0, 0.1) is 10.8 Å². The second kappa shape index (κ2) is 22.4. The van der Waals surface area contributed by atoms with E-state index in [4.69, 9.17) is 14.0 Å². The van der Waals surface area contributed by atoms with Crippen molar-refractivity contribution in [2.45, 2.75) is 117 Å². The Morgan fingerprint density at radius 3 is 0.963 bits per heavy atom. The molecule has 27 heavy (non-hydrogen) atoms. The molecule has 0 aliphatic heterocycles. The van der Waals surface area contributed by atoms with Crippen LogP contribution in [0.25, 0.3) is 0 Å². The van der Waals surface area contributed by atoms with Gasteiger partial charge in [-0.25, -0.2) is 0 Å². The van der Waals surface area contributed by atoms with Gasteiger partial charge in [-0.15, -0.1) is 0 Å². The van der Waals surface area contributed by atoms with Gasteiger partial charge in [0.05, 0.1) is 38.0 Å². The van der Waals surface area contributed by atoms with E-state index in [1.54, 1.807) is 0 Å². The van der Waals surface area contributed by atoms with Crippen molar-refractivity contribution in [3.05, 3.63) is 0 Å². The Morgan fingerprint density at radius 2 is 0.704 bits per heavy atom. The van der Waals surface area contributed by atoms with Crippen LogP contribution in [0.15, 0.2) is 0 Å². The molecule has 0 heterocycles. The molecule has 0 bridgehead atoms. The average molecular weight is 410 g/mol. The third-order valence-corrected chi connectivity index (χ3v) is 5.23. The quantitative estimate of drug-likeness (QED) is 0.255. The minimum Gasteiger partial charge on any atom is -0.357 e. The SMILES string of the molecule is CCCCCCCCCC[N+](C)(C)CCCCCCCCCC.[O-][Cl+2]([O-])[O-]. The van der Waals surface area contributed by atoms with Crippen LogP contribution in [0.1, 0.15) is 117 Å². The van der Waals surface area contributed by atoms with Crippen LogP contribution < -0.4 is 14.0 Å². The molecular weight excluding hydrogens is 362 g/mol. The summed E-state index contributed by atoms with van der Waals surface area (Å²) < 4.78 is 26.5. The first-order valence-corrected chi connectivity index (χ1v) is 12.3. The average Bonchev–Trinajstić information content (AvgIpc) is 2.59. The van der Waals surface area contributed by atoms with E-state index in [1.165, 1.54) is 120 Å². The fraction of sp³-hybridized carbons (Fsp3) is 1.00. The highest BCUT2D eigenvalue weighted by Crippen LogP contribution is 2.13.